The van der Waals surface area contributed by atoms with Crippen LogP contribution in [0.3, 0.4) is 0 Å². The summed E-state index contributed by atoms with van der Waals surface area (Å²) in [5.41, 5.74) is 2.52. The van der Waals surface area contributed by atoms with E-state index in [0.29, 0.717) is 12.0 Å². The summed E-state index contributed by atoms with van der Waals surface area (Å²) in [5, 5.41) is 12.7. The van der Waals surface area contributed by atoms with Crippen molar-refractivity contribution in [3.8, 4) is 17.6 Å². The average molecular weight is 407 g/mol. The Hall–Kier alpha value is -2.93. The molecule has 0 atom stereocenters. The molecule has 0 aliphatic rings. The van der Waals surface area contributed by atoms with Gasteiger partial charge < -0.3 is 14.8 Å². The highest BCUT2D eigenvalue weighted by atomic mass is 16.5. The van der Waals surface area contributed by atoms with Gasteiger partial charge in [0.05, 0.1) is 19.8 Å². The second kappa shape index (κ2) is 14.1. The minimum atomic E-state index is 0.480. The van der Waals surface area contributed by atoms with Gasteiger partial charge in [-0.15, -0.1) is 0 Å². The van der Waals surface area contributed by atoms with Crippen LogP contribution in [-0.2, 0) is 6.42 Å². The number of nitriles is 1. The normalized spacial score (nSPS) is 11.0. The lowest BCUT2D eigenvalue weighted by atomic mass is 10.1. The van der Waals surface area contributed by atoms with Gasteiger partial charge in [-0.05, 0) is 36.8 Å². The molecule has 1 N–H and O–H groups in total. The lowest BCUT2D eigenvalue weighted by Gasteiger charge is -2.12. The van der Waals surface area contributed by atoms with Crippen LogP contribution in [0.4, 0.5) is 5.69 Å². The van der Waals surface area contributed by atoms with Crippen LogP contribution in [0.1, 0.15) is 57.4 Å². The molecule has 4 nitrogen and oxygen atoms in total. The Bertz CT molecular complexity index is 810. The fourth-order valence-electron chi connectivity index (χ4n) is 3.26. The maximum atomic E-state index is 9.55. The molecule has 0 saturated heterocycles. The van der Waals surface area contributed by atoms with Crippen molar-refractivity contribution in [2.45, 2.75) is 58.3 Å². The van der Waals surface area contributed by atoms with Crippen molar-refractivity contribution in [1.29, 1.82) is 5.26 Å². The maximum absolute atomic E-state index is 9.55. The Kier molecular flexibility index (Phi) is 11.0. The molecule has 2 rings (SSSR count). The second-order valence-corrected chi connectivity index (χ2v) is 7.41. The predicted molar refractivity (Wildman–Crippen MR) is 124 cm³/mol. The first-order chi connectivity index (χ1) is 14.8. The third-order valence-electron chi connectivity index (χ3n) is 4.98. The van der Waals surface area contributed by atoms with Crippen LogP contribution in [0.25, 0.3) is 0 Å². The first-order valence-corrected chi connectivity index (χ1v) is 11.0. The van der Waals surface area contributed by atoms with Gasteiger partial charge in [0.25, 0.3) is 0 Å². The number of methoxy groups -OCH3 is 1. The van der Waals surface area contributed by atoms with Crippen molar-refractivity contribution >= 4 is 5.69 Å². The number of nitrogens with zero attached hydrogens (tertiary/aromatic N) is 1. The van der Waals surface area contributed by atoms with Crippen molar-refractivity contribution in [3.05, 3.63) is 65.9 Å². The standard InChI is InChI=1S/C26H34N2O2/c1-3-4-5-6-7-8-12-17-30-25-15-16-26(29-2)23(19-25)18-22(20-27)21-28-24-13-10-9-11-14-24/h9-11,13-16,19,21,28H,3-8,12,17-18H2,1-2H3/b22-21-. The van der Waals surface area contributed by atoms with Crippen molar-refractivity contribution in [2.24, 2.45) is 0 Å². The smallest absolute Gasteiger partial charge is 0.122 e. The van der Waals surface area contributed by atoms with Gasteiger partial charge in [0.15, 0.2) is 0 Å². The zero-order valence-electron chi connectivity index (χ0n) is 18.3. The molecule has 0 unspecified atom stereocenters. The minimum Gasteiger partial charge on any atom is -0.496 e. The van der Waals surface area contributed by atoms with Gasteiger partial charge in [-0.25, -0.2) is 0 Å². The quantitative estimate of drug-likeness (QED) is 0.274. The third-order valence-corrected chi connectivity index (χ3v) is 4.98. The van der Waals surface area contributed by atoms with Crippen LogP contribution >= 0.6 is 0 Å². The van der Waals surface area contributed by atoms with E-state index in [2.05, 4.69) is 18.3 Å². The van der Waals surface area contributed by atoms with Crippen LogP contribution in [0.5, 0.6) is 11.5 Å². The van der Waals surface area contributed by atoms with Gasteiger partial charge in [0.1, 0.15) is 11.5 Å². The molecule has 0 aromatic heterocycles. The van der Waals surface area contributed by atoms with Crippen LogP contribution < -0.4 is 14.8 Å². The fraction of sp³-hybridized carbons (Fsp3) is 0.423. The molecule has 160 valence electrons. The number of hydrogen-bond donors (Lipinski definition) is 1. The van der Waals surface area contributed by atoms with Gasteiger partial charge in [0, 0.05) is 29.4 Å². The molecular formula is C26H34N2O2. The molecule has 30 heavy (non-hydrogen) atoms. The summed E-state index contributed by atoms with van der Waals surface area (Å²) in [6, 6.07) is 17.9. The van der Waals surface area contributed by atoms with E-state index < -0.39 is 0 Å². The van der Waals surface area contributed by atoms with Gasteiger partial charge in [-0.1, -0.05) is 63.6 Å². The van der Waals surface area contributed by atoms with Crippen molar-refractivity contribution in [3.63, 3.8) is 0 Å². The van der Waals surface area contributed by atoms with Crippen molar-refractivity contribution in [1.82, 2.24) is 0 Å². The number of hydrogen-bond acceptors (Lipinski definition) is 4. The molecular weight excluding hydrogens is 372 g/mol. The van der Waals surface area contributed by atoms with Crippen molar-refractivity contribution < 1.29 is 9.47 Å². The summed E-state index contributed by atoms with van der Waals surface area (Å²) in [6.07, 6.45) is 11.1. The molecule has 2 aromatic rings. The SMILES string of the molecule is CCCCCCCCCOc1ccc(OC)c(C/C(C#N)=C/Nc2ccccc2)c1. The monoisotopic (exact) mass is 406 g/mol. The zero-order chi connectivity index (χ0) is 21.4. The van der Waals surface area contributed by atoms with E-state index in [0.717, 1.165) is 35.8 Å². The summed E-state index contributed by atoms with van der Waals surface area (Å²) in [6.45, 7) is 2.96. The number of ether oxygens (including phenoxy) is 2. The maximum Gasteiger partial charge on any atom is 0.122 e. The van der Waals surface area contributed by atoms with Crippen LogP contribution in [0, 0.1) is 11.3 Å². The molecule has 0 saturated carbocycles. The predicted octanol–water partition coefficient (Wildman–Crippen LogP) is 6.89. The lowest BCUT2D eigenvalue weighted by molar-refractivity contribution is 0.303. The summed E-state index contributed by atoms with van der Waals surface area (Å²) in [5.74, 6) is 1.59. The Morgan fingerprint density at radius 2 is 1.73 bits per heavy atom. The van der Waals surface area contributed by atoms with E-state index >= 15 is 0 Å². The molecule has 0 heterocycles. The number of allylic oxidation sites excluding steroid dienone is 1. The molecule has 0 fully saturated rings. The lowest BCUT2D eigenvalue weighted by Crippen LogP contribution is -2.01. The highest BCUT2D eigenvalue weighted by Gasteiger charge is 2.08. The number of benzene rings is 2. The summed E-state index contributed by atoms with van der Waals surface area (Å²) < 4.78 is 11.4. The minimum absolute atomic E-state index is 0.480. The van der Waals surface area contributed by atoms with Crippen LogP contribution in [0.2, 0.25) is 0 Å². The third kappa shape index (κ3) is 8.61. The first-order valence-electron chi connectivity index (χ1n) is 11.0. The number of rotatable bonds is 14. The second-order valence-electron chi connectivity index (χ2n) is 7.41. The molecule has 0 amide bonds. The van der Waals surface area contributed by atoms with E-state index in [1.54, 1.807) is 13.3 Å². The molecule has 0 bridgehead atoms. The Morgan fingerprint density at radius 1 is 1.00 bits per heavy atom. The van der Waals surface area contributed by atoms with E-state index in [1.165, 1.54) is 38.5 Å². The number of para-hydroxylation sites is 1. The van der Waals surface area contributed by atoms with Crippen LogP contribution in [-0.4, -0.2) is 13.7 Å². The molecule has 0 aliphatic heterocycles. The van der Waals surface area contributed by atoms with Gasteiger partial charge in [0.2, 0.25) is 0 Å². The van der Waals surface area contributed by atoms with E-state index in [9.17, 15) is 5.26 Å². The highest BCUT2D eigenvalue weighted by molar-refractivity contribution is 5.49. The summed E-state index contributed by atoms with van der Waals surface area (Å²) in [4.78, 5) is 0. The van der Waals surface area contributed by atoms with E-state index in [1.807, 2.05) is 48.5 Å². The molecule has 0 spiro atoms. The Balaban J connectivity index is 1.89. The van der Waals surface area contributed by atoms with E-state index in [-0.39, 0.29) is 0 Å². The molecule has 2 aromatic carbocycles. The topological polar surface area (TPSA) is 54.3 Å². The largest absolute Gasteiger partial charge is 0.496 e. The zero-order valence-corrected chi connectivity index (χ0v) is 18.3. The Labute approximate surface area is 181 Å². The molecule has 0 radical (unpaired) electrons. The Morgan fingerprint density at radius 3 is 2.43 bits per heavy atom. The first kappa shape index (κ1) is 23.3. The van der Waals surface area contributed by atoms with Crippen LogP contribution in [0.15, 0.2) is 60.3 Å². The van der Waals surface area contributed by atoms with E-state index in [4.69, 9.17) is 9.47 Å². The van der Waals surface area contributed by atoms with Gasteiger partial charge in [-0.2, -0.15) is 5.26 Å². The van der Waals surface area contributed by atoms with Gasteiger partial charge >= 0.3 is 0 Å². The summed E-state index contributed by atoms with van der Waals surface area (Å²) >= 11 is 0. The number of unbranched alkanes of at least 4 members (excludes halogenated alkanes) is 6. The van der Waals surface area contributed by atoms with Crippen molar-refractivity contribution in [2.75, 3.05) is 19.0 Å². The highest BCUT2D eigenvalue weighted by Crippen LogP contribution is 2.26. The average Bonchev–Trinajstić information content (AvgIpc) is 2.79. The van der Waals surface area contributed by atoms with Gasteiger partial charge in [-0.3, -0.25) is 0 Å². The molecule has 0 aliphatic carbocycles. The molecule has 4 heteroatoms. The summed E-state index contributed by atoms with van der Waals surface area (Å²) in [7, 11) is 1.65. The fourth-order valence-corrected chi connectivity index (χ4v) is 3.26. The number of anilines is 1. The number of nitrogens with one attached hydrogen (secondary N) is 1.